The number of rotatable bonds is 6. The predicted octanol–water partition coefficient (Wildman–Crippen LogP) is 15.1. The van der Waals surface area contributed by atoms with Gasteiger partial charge in [0.05, 0.1) is 11.4 Å². The molecule has 1 heterocycles. The highest BCUT2D eigenvalue weighted by atomic mass is 14.9. The van der Waals surface area contributed by atoms with E-state index in [9.17, 15) is 0 Å². The van der Waals surface area contributed by atoms with Gasteiger partial charge in [-0.1, -0.05) is 196 Å². The molecule has 10 aromatic rings. The highest BCUT2D eigenvalue weighted by Gasteiger charge is 2.36. The van der Waals surface area contributed by atoms with Crippen LogP contribution in [0.2, 0.25) is 0 Å². The summed E-state index contributed by atoms with van der Waals surface area (Å²) in [5.74, 6) is 0.702. The quantitative estimate of drug-likeness (QED) is 0.169. The van der Waals surface area contributed by atoms with Crippen molar-refractivity contribution in [2.45, 2.75) is 19.3 Å². The van der Waals surface area contributed by atoms with Crippen molar-refractivity contribution in [3.63, 3.8) is 0 Å². The van der Waals surface area contributed by atoms with Gasteiger partial charge in [0.15, 0.2) is 5.82 Å². The molecule has 0 N–H and O–H groups in total. The van der Waals surface area contributed by atoms with E-state index in [0.717, 1.165) is 44.6 Å². The molecule has 1 aromatic heterocycles. The lowest BCUT2D eigenvalue weighted by atomic mass is 9.81. The van der Waals surface area contributed by atoms with Crippen LogP contribution in [0, 0.1) is 0 Å². The van der Waals surface area contributed by atoms with Gasteiger partial charge in [0.2, 0.25) is 0 Å². The van der Waals surface area contributed by atoms with Crippen LogP contribution < -0.4 is 0 Å². The van der Waals surface area contributed by atoms with E-state index in [-0.39, 0.29) is 5.41 Å². The molecule has 9 aromatic carbocycles. The molecule has 0 fully saturated rings. The van der Waals surface area contributed by atoms with Crippen molar-refractivity contribution < 1.29 is 0 Å². The topological polar surface area (TPSA) is 25.8 Å². The van der Waals surface area contributed by atoms with Crippen LogP contribution >= 0.6 is 0 Å². The second kappa shape index (κ2) is 13.9. The third-order valence-electron chi connectivity index (χ3n) is 12.3. The zero-order valence-electron chi connectivity index (χ0n) is 33.0. The highest BCUT2D eigenvalue weighted by molar-refractivity contribution is 6.05. The predicted molar refractivity (Wildman–Crippen MR) is 247 cm³/mol. The molecule has 11 rings (SSSR count). The number of fused-ring (bicyclic) bond motifs is 5. The first-order valence-electron chi connectivity index (χ1n) is 20.4. The second-order valence-electron chi connectivity index (χ2n) is 16.2. The fraction of sp³-hybridized carbons (Fsp3) is 0.0526. The minimum atomic E-state index is -0.119. The van der Waals surface area contributed by atoms with Gasteiger partial charge >= 0.3 is 0 Å². The fourth-order valence-electron chi connectivity index (χ4n) is 9.23. The number of benzene rings is 9. The second-order valence-corrected chi connectivity index (χ2v) is 16.2. The Morgan fingerprint density at radius 3 is 1.53 bits per heavy atom. The van der Waals surface area contributed by atoms with Crippen LogP contribution in [0.4, 0.5) is 0 Å². The Kier molecular flexibility index (Phi) is 8.20. The van der Waals surface area contributed by atoms with Gasteiger partial charge in [-0.15, -0.1) is 0 Å². The van der Waals surface area contributed by atoms with Gasteiger partial charge in [-0.25, -0.2) is 9.97 Å². The summed E-state index contributed by atoms with van der Waals surface area (Å²) in [5, 5.41) is 4.93. The van der Waals surface area contributed by atoms with Gasteiger partial charge in [0, 0.05) is 22.1 Å². The van der Waals surface area contributed by atoms with E-state index in [1.165, 1.54) is 60.7 Å². The molecule has 2 nitrogen and oxygen atoms in total. The maximum Gasteiger partial charge on any atom is 0.160 e. The maximum atomic E-state index is 5.30. The Morgan fingerprint density at radius 1 is 0.305 bits per heavy atom. The fourth-order valence-corrected chi connectivity index (χ4v) is 9.23. The number of hydrogen-bond acceptors (Lipinski definition) is 2. The third kappa shape index (κ3) is 5.96. The van der Waals surface area contributed by atoms with Gasteiger partial charge in [-0.05, 0) is 101 Å². The Balaban J connectivity index is 1.04. The molecular formula is C57H40N2. The molecule has 0 amide bonds. The molecule has 2 heteroatoms. The average Bonchev–Trinajstić information content (AvgIpc) is 3.52. The summed E-state index contributed by atoms with van der Waals surface area (Å²) in [5.41, 5.74) is 17.3. The summed E-state index contributed by atoms with van der Waals surface area (Å²) in [6, 6.07) is 74.3. The molecule has 59 heavy (non-hydrogen) atoms. The van der Waals surface area contributed by atoms with Gasteiger partial charge in [-0.3, -0.25) is 0 Å². The van der Waals surface area contributed by atoms with Crippen LogP contribution in [0.3, 0.4) is 0 Å². The lowest BCUT2D eigenvalue weighted by molar-refractivity contribution is 0.661. The van der Waals surface area contributed by atoms with E-state index in [2.05, 4.69) is 214 Å². The van der Waals surface area contributed by atoms with Crippen molar-refractivity contribution in [2.75, 3.05) is 0 Å². The molecule has 0 unspecified atom stereocenters. The first-order valence-corrected chi connectivity index (χ1v) is 20.4. The molecule has 1 aliphatic rings. The molecule has 0 radical (unpaired) electrons. The van der Waals surface area contributed by atoms with Crippen LogP contribution in [0.15, 0.2) is 206 Å². The van der Waals surface area contributed by atoms with Crippen LogP contribution in [-0.4, -0.2) is 9.97 Å². The summed E-state index contributed by atoms with van der Waals surface area (Å²) in [4.78, 5) is 10.6. The Labute approximate surface area is 345 Å². The van der Waals surface area contributed by atoms with E-state index < -0.39 is 0 Å². The number of hydrogen-bond donors (Lipinski definition) is 0. The lowest BCUT2D eigenvalue weighted by Gasteiger charge is -2.22. The normalized spacial score (nSPS) is 12.7. The lowest BCUT2D eigenvalue weighted by Crippen LogP contribution is -2.15. The summed E-state index contributed by atoms with van der Waals surface area (Å²) in [6.07, 6.45) is 0. The number of aromatic nitrogens is 2. The Hall–Kier alpha value is -7.42. The van der Waals surface area contributed by atoms with Crippen LogP contribution in [0.25, 0.3) is 100.0 Å². The molecule has 1 aliphatic carbocycles. The highest BCUT2D eigenvalue weighted by Crippen LogP contribution is 2.51. The number of nitrogens with zero attached hydrogens (tertiary/aromatic N) is 2. The minimum Gasteiger partial charge on any atom is -0.228 e. The monoisotopic (exact) mass is 752 g/mol. The summed E-state index contributed by atoms with van der Waals surface area (Å²) < 4.78 is 0. The van der Waals surface area contributed by atoms with E-state index in [0.29, 0.717) is 5.82 Å². The van der Waals surface area contributed by atoms with Crippen molar-refractivity contribution in [1.29, 1.82) is 0 Å². The molecule has 0 bridgehead atoms. The molecule has 0 saturated heterocycles. The smallest absolute Gasteiger partial charge is 0.160 e. The SMILES string of the molecule is CC1(C)c2cc(-c3ccc(-c4cc(-c5ccccc5-c5ccc(-c6ccccc6)cc5)nc(-c5ccccc5)n4)c4ccccc34)ccc2-c2cc3ccccc3cc21. The molecule has 0 spiro atoms. The first kappa shape index (κ1) is 34.8. The Bertz CT molecular complexity index is 3220. The first-order chi connectivity index (χ1) is 29.0. The van der Waals surface area contributed by atoms with Gasteiger partial charge in [0.1, 0.15) is 0 Å². The summed E-state index contributed by atoms with van der Waals surface area (Å²) >= 11 is 0. The van der Waals surface area contributed by atoms with Crippen molar-refractivity contribution in [2.24, 2.45) is 0 Å². The largest absolute Gasteiger partial charge is 0.228 e. The Morgan fingerprint density at radius 2 is 0.797 bits per heavy atom. The van der Waals surface area contributed by atoms with Crippen LogP contribution in [0.5, 0.6) is 0 Å². The van der Waals surface area contributed by atoms with Gasteiger partial charge < -0.3 is 0 Å². The van der Waals surface area contributed by atoms with Crippen LogP contribution in [-0.2, 0) is 5.41 Å². The van der Waals surface area contributed by atoms with Gasteiger partial charge in [-0.2, -0.15) is 0 Å². The van der Waals surface area contributed by atoms with Crippen LogP contribution in [0.1, 0.15) is 25.0 Å². The van der Waals surface area contributed by atoms with E-state index in [1.807, 2.05) is 6.07 Å². The third-order valence-corrected chi connectivity index (χ3v) is 12.3. The van der Waals surface area contributed by atoms with Crippen molar-refractivity contribution in [3.8, 4) is 78.4 Å². The summed E-state index contributed by atoms with van der Waals surface area (Å²) in [7, 11) is 0. The van der Waals surface area contributed by atoms with E-state index >= 15 is 0 Å². The molecular weight excluding hydrogens is 713 g/mol. The molecule has 0 aliphatic heterocycles. The maximum absolute atomic E-state index is 5.30. The zero-order valence-corrected chi connectivity index (χ0v) is 33.0. The zero-order chi connectivity index (χ0) is 39.5. The van der Waals surface area contributed by atoms with Crippen molar-refractivity contribution >= 4 is 21.5 Å². The van der Waals surface area contributed by atoms with Crippen molar-refractivity contribution in [1.82, 2.24) is 9.97 Å². The summed E-state index contributed by atoms with van der Waals surface area (Å²) in [6.45, 7) is 4.73. The van der Waals surface area contributed by atoms with Crippen molar-refractivity contribution in [3.05, 3.63) is 217 Å². The standard InChI is InChI=1S/C57H40N2/c1-57(2)52-35-43(29-30-48(52)51-33-41-19-9-10-20-42(41)34-53(51)57)45-31-32-50(47-23-13-12-22-46(45)47)55-36-54(58-56(59-55)40-17-7-4-8-18-40)49-24-14-11-21-44(49)39-27-25-38(26-28-39)37-15-5-3-6-16-37/h3-36H,1-2H3. The minimum absolute atomic E-state index is 0.119. The van der Waals surface area contributed by atoms with E-state index in [4.69, 9.17) is 9.97 Å². The van der Waals surface area contributed by atoms with Gasteiger partial charge in [0.25, 0.3) is 0 Å². The van der Waals surface area contributed by atoms with E-state index in [1.54, 1.807) is 0 Å². The molecule has 0 atom stereocenters. The molecule has 278 valence electrons. The molecule has 0 saturated carbocycles. The average molecular weight is 753 g/mol.